The predicted octanol–water partition coefficient (Wildman–Crippen LogP) is 2.43. The molecule has 0 saturated heterocycles. The molecule has 0 spiro atoms. The second-order valence-corrected chi connectivity index (χ2v) is 7.47. The van der Waals surface area contributed by atoms with Gasteiger partial charge in [-0.15, -0.1) is 0 Å². The molecule has 0 saturated carbocycles. The Bertz CT molecular complexity index is 977. The summed E-state index contributed by atoms with van der Waals surface area (Å²) in [5, 5.41) is 8.93. The van der Waals surface area contributed by atoms with Crippen molar-refractivity contribution in [1.29, 1.82) is 0 Å². The number of aryl methyl sites for hydroxylation is 2. The lowest BCUT2D eigenvalue weighted by Gasteiger charge is -2.04. The van der Waals surface area contributed by atoms with Crippen molar-refractivity contribution in [2.45, 2.75) is 18.4 Å². The number of nitrogens with one attached hydrogen (secondary N) is 1. The molecule has 0 bridgehead atoms. The maximum absolute atomic E-state index is 12.4. The van der Waals surface area contributed by atoms with E-state index in [1.165, 1.54) is 10.9 Å². The molecule has 24 heavy (non-hydrogen) atoms. The molecule has 126 valence electrons. The van der Waals surface area contributed by atoms with Gasteiger partial charge in [0.15, 0.2) is 5.82 Å². The van der Waals surface area contributed by atoms with E-state index in [9.17, 15) is 8.42 Å². The van der Waals surface area contributed by atoms with Crippen LogP contribution in [-0.2, 0) is 23.6 Å². The van der Waals surface area contributed by atoms with Gasteiger partial charge in [-0.3, -0.25) is 14.1 Å². The normalized spacial score (nSPS) is 11.6. The molecular weight excluding hydrogens is 350 g/mol. The summed E-state index contributed by atoms with van der Waals surface area (Å²) in [5.74, 6) is 0.250. The Morgan fingerprint density at radius 3 is 2.71 bits per heavy atom. The minimum absolute atomic E-state index is 0.134. The van der Waals surface area contributed by atoms with Crippen LogP contribution in [0.4, 0.5) is 5.82 Å². The molecular formula is C15H16ClN5O2S. The van der Waals surface area contributed by atoms with E-state index in [0.29, 0.717) is 17.3 Å². The summed E-state index contributed by atoms with van der Waals surface area (Å²) in [6.45, 7) is 2.14. The van der Waals surface area contributed by atoms with Crippen molar-refractivity contribution in [2.24, 2.45) is 7.05 Å². The van der Waals surface area contributed by atoms with Crippen molar-refractivity contribution in [1.82, 2.24) is 19.6 Å². The highest BCUT2D eigenvalue weighted by Gasteiger charge is 2.20. The highest BCUT2D eigenvalue weighted by atomic mass is 35.5. The Morgan fingerprint density at radius 2 is 2.04 bits per heavy atom. The Labute approximate surface area is 144 Å². The van der Waals surface area contributed by atoms with Gasteiger partial charge in [0, 0.05) is 30.5 Å². The second-order valence-electron chi connectivity index (χ2n) is 5.39. The van der Waals surface area contributed by atoms with Crippen molar-refractivity contribution in [3.8, 4) is 0 Å². The molecule has 1 N–H and O–H groups in total. The van der Waals surface area contributed by atoms with Crippen LogP contribution in [0.25, 0.3) is 0 Å². The third-order valence-electron chi connectivity index (χ3n) is 3.37. The van der Waals surface area contributed by atoms with Gasteiger partial charge in [0.25, 0.3) is 10.0 Å². The van der Waals surface area contributed by atoms with Crippen LogP contribution < -0.4 is 4.72 Å². The van der Waals surface area contributed by atoms with Crippen LogP contribution in [0, 0.1) is 6.92 Å². The first-order chi connectivity index (χ1) is 11.3. The maximum Gasteiger partial charge on any atom is 0.266 e. The molecule has 9 heteroatoms. The number of rotatable bonds is 5. The fraction of sp³-hybridized carbons (Fsp3) is 0.200. The first-order valence-electron chi connectivity index (χ1n) is 7.14. The Hall–Kier alpha value is -2.32. The van der Waals surface area contributed by atoms with Gasteiger partial charge in [-0.05, 0) is 24.6 Å². The van der Waals surface area contributed by atoms with Gasteiger partial charge in [0.2, 0.25) is 0 Å². The highest BCUT2D eigenvalue weighted by Crippen LogP contribution is 2.17. The fourth-order valence-corrected chi connectivity index (χ4v) is 3.79. The summed E-state index contributed by atoms with van der Waals surface area (Å²) in [6, 6.07) is 9.02. The van der Waals surface area contributed by atoms with Crippen LogP contribution in [0.15, 0.2) is 47.6 Å². The van der Waals surface area contributed by atoms with E-state index in [2.05, 4.69) is 14.9 Å². The molecule has 0 unspecified atom stereocenters. The lowest BCUT2D eigenvalue weighted by atomic mass is 10.2. The predicted molar refractivity (Wildman–Crippen MR) is 91.5 cm³/mol. The van der Waals surface area contributed by atoms with Crippen molar-refractivity contribution >= 4 is 27.4 Å². The SMILES string of the molecule is Cc1nn(C)cc1S(=O)(=O)Nc1ccn(Cc2cccc(Cl)c2)n1. The van der Waals surface area contributed by atoms with Crippen molar-refractivity contribution in [3.63, 3.8) is 0 Å². The van der Waals surface area contributed by atoms with E-state index >= 15 is 0 Å². The average Bonchev–Trinajstić information content (AvgIpc) is 3.05. The molecule has 0 atom stereocenters. The van der Waals surface area contributed by atoms with Crippen LogP contribution in [-0.4, -0.2) is 28.0 Å². The Kier molecular flexibility index (Phi) is 4.33. The summed E-state index contributed by atoms with van der Waals surface area (Å²) >= 11 is 5.96. The number of nitrogens with zero attached hydrogens (tertiary/aromatic N) is 4. The zero-order chi connectivity index (χ0) is 17.3. The number of hydrogen-bond acceptors (Lipinski definition) is 4. The highest BCUT2D eigenvalue weighted by molar-refractivity contribution is 7.92. The quantitative estimate of drug-likeness (QED) is 0.752. The number of aromatic nitrogens is 4. The molecule has 3 aromatic rings. The van der Waals surface area contributed by atoms with E-state index in [0.717, 1.165) is 5.56 Å². The average molecular weight is 366 g/mol. The molecule has 7 nitrogen and oxygen atoms in total. The van der Waals surface area contributed by atoms with Crippen molar-refractivity contribution in [2.75, 3.05) is 4.72 Å². The first kappa shape index (κ1) is 16.5. The molecule has 0 fully saturated rings. The lowest BCUT2D eigenvalue weighted by molar-refractivity contribution is 0.600. The zero-order valence-electron chi connectivity index (χ0n) is 13.1. The van der Waals surface area contributed by atoms with E-state index in [1.54, 1.807) is 37.0 Å². The summed E-state index contributed by atoms with van der Waals surface area (Å²) in [5.41, 5.74) is 1.41. The topological polar surface area (TPSA) is 81.8 Å². The number of sulfonamides is 1. The number of halogens is 1. The van der Waals surface area contributed by atoms with Gasteiger partial charge < -0.3 is 0 Å². The van der Waals surface area contributed by atoms with Gasteiger partial charge >= 0.3 is 0 Å². The Morgan fingerprint density at radius 1 is 1.25 bits per heavy atom. The maximum atomic E-state index is 12.4. The molecule has 0 aliphatic carbocycles. The molecule has 0 amide bonds. The summed E-state index contributed by atoms with van der Waals surface area (Å²) in [7, 11) is -2.05. The minimum Gasteiger partial charge on any atom is -0.274 e. The van der Waals surface area contributed by atoms with Crippen molar-refractivity contribution < 1.29 is 8.42 Å². The third-order valence-corrected chi connectivity index (χ3v) is 5.06. The molecule has 3 rings (SSSR count). The van der Waals surface area contributed by atoms with Gasteiger partial charge in [0.05, 0.1) is 12.2 Å². The van der Waals surface area contributed by atoms with Crippen LogP contribution in [0.2, 0.25) is 5.02 Å². The van der Waals surface area contributed by atoms with Crippen molar-refractivity contribution in [3.05, 3.63) is 59.0 Å². The van der Waals surface area contributed by atoms with Crippen LogP contribution in [0.5, 0.6) is 0 Å². The lowest BCUT2D eigenvalue weighted by Crippen LogP contribution is -2.14. The van der Waals surface area contributed by atoms with E-state index < -0.39 is 10.0 Å². The molecule has 2 aromatic heterocycles. The van der Waals surface area contributed by atoms with Gasteiger partial charge in [-0.2, -0.15) is 10.2 Å². The first-order valence-corrected chi connectivity index (χ1v) is 9.00. The van der Waals surface area contributed by atoms with Gasteiger partial charge in [-0.25, -0.2) is 8.42 Å². The van der Waals surface area contributed by atoms with Gasteiger partial charge in [0.1, 0.15) is 4.90 Å². The largest absolute Gasteiger partial charge is 0.274 e. The number of benzene rings is 1. The second kappa shape index (κ2) is 6.29. The standard InChI is InChI=1S/C15H16ClN5O2S/c1-11-14(10-20(2)17-11)24(22,23)19-15-6-7-21(18-15)9-12-4-3-5-13(16)8-12/h3-8,10H,9H2,1-2H3,(H,18,19). The molecule has 1 aromatic carbocycles. The third kappa shape index (κ3) is 3.60. The minimum atomic E-state index is -3.72. The molecule has 0 aliphatic rings. The Balaban J connectivity index is 1.77. The van der Waals surface area contributed by atoms with Crippen LogP contribution >= 0.6 is 11.6 Å². The van der Waals surface area contributed by atoms with Gasteiger partial charge in [-0.1, -0.05) is 23.7 Å². The van der Waals surface area contributed by atoms with E-state index in [-0.39, 0.29) is 10.7 Å². The van der Waals surface area contributed by atoms with E-state index in [4.69, 9.17) is 11.6 Å². The number of hydrogen-bond donors (Lipinski definition) is 1. The van der Waals surface area contributed by atoms with E-state index in [1.807, 2.05) is 18.2 Å². The van der Waals surface area contributed by atoms with Crippen LogP contribution in [0.1, 0.15) is 11.3 Å². The monoisotopic (exact) mass is 365 g/mol. The smallest absolute Gasteiger partial charge is 0.266 e. The fourth-order valence-electron chi connectivity index (χ4n) is 2.36. The summed E-state index contributed by atoms with van der Waals surface area (Å²) in [6.07, 6.45) is 3.16. The number of anilines is 1. The van der Waals surface area contributed by atoms with Crippen LogP contribution in [0.3, 0.4) is 0 Å². The summed E-state index contributed by atoms with van der Waals surface area (Å²) in [4.78, 5) is 0.134. The summed E-state index contributed by atoms with van der Waals surface area (Å²) < 4.78 is 30.4. The molecule has 2 heterocycles. The zero-order valence-corrected chi connectivity index (χ0v) is 14.7. The molecule has 0 aliphatic heterocycles. The molecule has 0 radical (unpaired) electrons.